The molecule has 1 aromatic rings. The minimum absolute atomic E-state index is 0. The van der Waals surface area contributed by atoms with Crippen LogP contribution in [0.4, 0.5) is 0 Å². The van der Waals surface area contributed by atoms with Crippen LogP contribution in [0.25, 0.3) is 0 Å². The maximum absolute atomic E-state index is 9.77. The summed E-state index contributed by atoms with van der Waals surface area (Å²) in [7, 11) is 0. The minimum Gasteiger partial charge on any atom is -0.462 e. The summed E-state index contributed by atoms with van der Waals surface area (Å²) in [6.07, 6.45) is 2.13. The molecule has 0 atom stereocenters. The Morgan fingerprint density at radius 2 is 2.38 bits per heavy atom. The van der Waals surface area contributed by atoms with Gasteiger partial charge in [0, 0.05) is 0 Å². The van der Waals surface area contributed by atoms with Crippen LogP contribution in [-0.4, -0.2) is 6.29 Å². The molecular formula is C5H5ClO2. The monoisotopic (exact) mass is 132 g/mol. The van der Waals surface area contributed by atoms with E-state index in [0.29, 0.717) is 12.0 Å². The molecule has 0 bridgehead atoms. The fourth-order valence-electron chi connectivity index (χ4n) is 0.358. The zero-order valence-corrected chi connectivity index (χ0v) is 4.85. The number of halogens is 1. The van der Waals surface area contributed by atoms with Gasteiger partial charge in [-0.25, -0.2) is 0 Å². The Balaban J connectivity index is 0.000000490. The second kappa shape index (κ2) is 3.27. The molecule has 0 saturated carbocycles. The van der Waals surface area contributed by atoms with Crippen molar-refractivity contribution in [2.24, 2.45) is 0 Å². The van der Waals surface area contributed by atoms with E-state index in [1.165, 1.54) is 6.26 Å². The molecule has 0 aliphatic rings. The van der Waals surface area contributed by atoms with Gasteiger partial charge in [-0.15, -0.1) is 12.4 Å². The quantitative estimate of drug-likeness (QED) is 0.543. The molecular weight excluding hydrogens is 128 g/mol. The topological polar surface area (TPSA) is 30.2 Å². The van der Waals surface area contributed by atoms with Crippen molar-refractivity contribution in [3.05, 3.63) is 24.2 Å². The van der Waals surface area contributed by atoms with E-state index in [9.17, 15) is 4.79 Å². The Hall–Kier alpha value is -0.760. The molecule has 2 nitrogen and oxygen atoms in total. The molecule has 0 fully saturated rings. The number of rotatable bonds is 1. The highest BCUT2D eigenvalue weighted by molar-refractivity contribution is 5.85. The van der Waals surface area contributed by atoms with Gasteiger partial charge < -0.3 is 4.42 Å². The zero-order valence-electron chi connectivity index (χ0n) is 4.03. The molecule has 0 amide bonds. The highest BCUT2D eigenvalue weighted by Crippen LogP contribution is 1.92. The summed E-state index contributed by atoms with van der Waals surface area (Å²) in [5, 5.41) is 0. The predicted molar refractivity (Wildman–Crippen MR) is 31.3 cm³/mol. The lowest BCUT2D eigenvalue weighted by atomic mass is 10.5. The number of aldehydes is 1. The Bertz CT molecular complexity index is 145. The summed E-state index contributed by atoms with van der Waals surface area (Å²) >= 11 is 0. The second-order valence-corrected chi connectivity index (χ2v) is 1.13. The van der Waals surface area contributed by atoms with Crippen molar-refractivity contribution in [1.29, 1.82) is 0 Å². The van der Waals surface area contributed by atoms with E-state index in [4.69, 9.17) is 0 Å². The van der Waals surface area contributed by atoms with Gasteiger partial charge in [0.05, 0.1) is 6.26 Å². The van der Waals surface area contributed by atoms with Crippen molar-refractivity contribution in [2.45, 2.75) is 0 Å². The minimum atomic E-state index is 0. The maximum atomic E-state index is 9.77. The standard InChI is InChI=1S/C5H4O2.ClH/c6-4-5-2-1-3-7-5;/h1-4H;1H. The Morgan fingerprint density at radius 1 is 1.62 bits per heavy atom. The maximum Gasteiger partial charge on any atom is 0.185 e. The zero-order chi connectivity index (χ0) is 5.11. The van der Waals surface area contributed by atoms with E-state index >= 15 is 0 Å². The normalized spacial score (nSPS) is 7.50. The average Bonchev–Trinajstić information content (AvgIpc) is 2.14. The highest BCUT2D eigenvalue weighted by atomic mass is 35.5. The van der Waals surface area contributed by atoms with Gasteiger partial charge in [0.15, 0.2) is 12.0 Å². The first-order valence-corrected chi connectivity index (χ1v) is 1.92. The molecule has 1 aromatic heterocycles. The molecule has 8 heavy (non-hydrogen) atoms. The smallest absolute Gasteiger partial charge is 0.185 e. The Morgan fingerprint density at radius 3 is 2.62 bits per heavy atom. The number of hydrogen-bond acceptors (Lipinski definition) is 2. The number of hydrogen-bond donors (Lipinski definition) is 0. The van der Waals surface area contributed by atoms with Crippen LogP contribution in [0, 0.1) is 0 Å². The van der Waals surface area contributed by atoms with Gasteiger partial charge in [-0.1, -0.05) is 0 Å². The molecule has 0 N–H and O–H groups in total. The first-order chi connectivity index (χ1) is 3.43. The molecule has 0 spiro atoms. The molecule has 0 radical (unpaired) electrons. The van der Waals surface area contributed by atoms with Crippen LogP contribution in [0.5, 0.6) is 0 Å². The average molecular weight is 133 g/mol. The van der Waals surface area contributed by atoms with Crippen molar-refractivity contribution in [1.82, 2.24) is 0 Å². The van der Waals surface area contributed by atoms with Crippen LogP contribution in [0.1, 0.15) is 10.6 Å². The molecule has 1 heterocycles. The first-order valence-electron chi connectivity index (χ1n) is 1.92. The largest absolute Gasteiger partial charge is 0.462 e. The van der Waals surface area contributed by atoms with Gasteiger partial charge in [0.2, 0.25) is 0 Å². The molecule has 0 aliphatic carbocycles. The molecule has 0 unspecified atom stereocenters. The van der Waals surface area contributed by atoms with Gasteiger partial charge >= 0.3 is 0 Å². The predicted octanol–water partition coefficient (Wildman–Crippen LogP) is 1.51. The fraction of sp³-hybridized carbons (Fsp3) is 0. The van der Waals surface area contributed by atoms with Gasteiger partial charge in [0.25, 0.3) is 0 Å². The molecule has 1 rings (SSSR count). The van der Waals surface area contributed by atoms with Crippen molar-refractivity contribution < 1.29 is 9.21 Å². The van der Waals surface area contributed by atoms with Gasteiger partial charge in [-0.3, -0.25) is 4.79 Å². The van der Waals surface area contributed by atoms with E-state index in [-0.39, 0.29) is 12.4 Å². The fourth-order valence-corrected chi connectivity index (χ4v) is 0.358. The summed E-state index contributed by atoms with van der Waals surface area (Å²) in [5.74, 6) is 0.375. The van der Waals surface area contributed by atoms with Crippen molar-refractivity contribution in [3.63, 3.8) is 0 Å². The highest BCUT2D eigenvalue weighted by Gasteiger charge is 1.84. The van der Waals surface area contributed by atoms with E-state index in [1.807, 2.05) is 0 Å². The Labute approximate surface area is 52.9 Å². The second-order valence-electron chi connectivity index (χ2n) is 1.13. The van der Waals surface area contributed by atoms with Crippen LogP contribution >= 0.6 is 12.4 Å². The van der Waals surface area contributed by atoms with Crippen molar-refractivity contribution in [2.75, 3.05) is 0 Å². The van der Waals surface area contributed by atoms with E-state index < -0.39 is 0 Å². The third-order valence-corrected chi connectivity index (χ3v) is 0.659. The van der Waals surface area contributed by atoms with Crippen LogP contribution < -0.4 is 0 Å². The number of furan rings is 1. The van der Waals surface area contributed by atoms with Crippen LogP contribution in [0.15, 0.2) is 22.8 Å². The summed E-state index contributed by atoms with van der Waals surface area (Å²) in [6.45, 7) is 0. The van der Waals surface area contributed by atoms with E-state index in [0.717, 1.165) is 0 Å². The third kappa shape index (κ3) is 1.39. The molecule has 3 heteroatoms. The van der Waals surface area contributed by atoms with Gasteiger partial charge in [0.1, 0.15) is 0 Å². The number of carbonyl (C=O) groups is 1. The summed E-state index contributed by atoms with van der Waals surface area (Å²) in [6, 6.07) is 3.27. The lowest BCUT2D eigenvalue weighted by Gasteiger charge is -1.68. The Kier molecular flexibility index (Phi) is 2.96. The first kappa shape index (κ1) is 7.24. The molecule has 0 aliphatic heterocycles. The molecule has 0 aromatic carbocycles. The van der Waals surface area contributed by atoms with E-state index in [1.54, 1.807) is 12.1 Å². The van der Waals surface area contributed by atoms with Crippen molar-refractivity contribution >= 4 is 18.7 Å². The number of carbonyl (C=O) groups excluding carboxylic acids is 1. The van der Waals surface area contributed by atoms with Crippen LogP contribution in [0.2, 0.25) is 0 Å². The van der Waals surface area contributed by atoms with Crippen molar-refractivity contribution in [3.8, 4) is 0 Å². The van der Waals surface area contributed by atoms with E-state index in [2.05, 4.69) is 4.42 Å². The lowest BCUT2D eigenvalue weighted by Crippen LogP contribution is -1.65. The summed E-state index contributed by atoms with van der Waals surface area (Å²) in [5.41, 5.74) is 0. The van der Waals surface area contributed by atoms with Gasteiger partial charge in [-0.05, 0) is 12.1 Å². The van der Waals surface area contributed by atoms with Crippen LogP contribution in [-0.2, 0) is 0 Å². The summed E-state index contributed by atoms with van der Waals surface area (Å²) < 4.78 is 4.61. The summed E-state index contributed by atoms with van der Waals surface area (Å²) in [4.78, 5) is 9.77. The third-order valence-electron chi connectivity index (χ3n) is 0.659. The van der Waals surface area contributed by atoms with Crippen LogP contribution in [0.3, 0.4) is 0 Å². The van der Waals surface area contributed by atoms with Gasteiger partial charge in [-0.2, -0.15) is 0 Å². The molecule has 44 valence electrons. The SMILES string of the molecule is Cl.O=Cc1ccco1. The lowest BCUT2D eigenvalue weighted by molar-refractivity contribution is 0.110. The molecule has 0 saturated heterocycles.